The molecule has 1 aromatic rings. The van der Waals surface area contributed by atoms with E-state index < -0.39 is 5.82 Å². The molecule has 11 heavy (non-hydrogen) atoms. The van der Waals surface area contributed by atoms with E-state index in [1.165, 1.54) is 6.07 Å². The Morgan fingerprint density at radius 2 is 2.18 bits per heavy atom. The molecule has 0 aliphatic carbocycles. The third-order valence-electron chi connectivity index (χ3n) is 1.41. The van der Waals surface area contributed by atoms with Crippen molar-refractivity contribution in [3.8, 4) is 0 Å². The Morgan fingerprint density at radius 1 is 1.64 bits per heavy atom. The summed E-state index contributed by atoms with van der Waals surface area (Å²) in [6.45, 7) is 1.77. The molecule has 0 heterocycles. The summed E-state index contributed by atoms with van der Waals surface area (Å²) in [5.41, 5.74) is 6.67. The van der Waals surface area contributed by atoms with Gasteiger partial charge in [-0.05, 0) is 34.5 Å². The number of aryl methyl sites for hydroxylation is 1. The molecule has 0 amide bonds. The molecule has 0 unspecified atom stereocenters. The van der Waals surface area contributed by atoms with Crippen LogP contribution in [0.3, 0.4) is 0 Å². The van der Waals surface area contributed by atoms with Gasteiger partial charge in [0.15, 0.2) is 5.82 Å². The van der Waals surface area contributed by atoms with E-state index in [4.69, 9.17) is 17.3 Å². The highest BCUT2D eigenvalue weighted by Gasteiger charge is 2.09. The van der Waals surface area contributed by atoms with Crippen molar-refractivity contribution in [3.63, 3.8) is 0 Å². The monoisotopic (exact) mass is 237 g/mol. The van der Waals surface area contributed by atoms with Crippen LogP contribution in [0.2, 0.25) is 5.02 Å². The lowest BCUT2D eigenvalue weighted by molar-refractivity contribution is 0.622. The minimum absolute atomic E-state index is 0.0866. The zero-order valence-corrected chi connectivity index (χ0v) is 8.13. The highest BCUT2D eigenvalue weighted by Crippen LogP contribution is 2.31. The first-order chi connectivity index (χ1) is 5.04. The van der Waals surface area contributed by atoms with Crippen LogP contribution in [0, 0.1) is 12.7 Å². The van der Waals surface area contributed by atoms with Crippen LogP contribution in [-0.2, 0) is 0 Å². The summed E-state index contributed by atoms with van der Waals surface area (Å²) in [5.74, 6) is -0.505. The SMILES string of the molecule is Cc1cc(Cl)c(F)c(Br)c1N. The largest absolute Gasteiger partial charge is 0.398 e. The zero-order valence-electron chi connectivity index (χ0n) is 5.79. The van der Waals surface area contributed by atoms with E-state index in [2.05, 4.69) is 15.9 Å². The maximum atomic E-state index is 12.9. The van der Waals surface area contributed by atoms with Crippen LogP contribution >= 0.6 is 27.5 Å². The maximum Gasteiger partial charge on any atom is 0.158 e. The van der Waals surface area contributed by atoms with Crippen molar-refractivity contribution in [1.82, 2.24) is 0 Å². The molecule has 0 radical (unpaired) electrons. The fraction of sp³-hybridized carbons (Fsp3) is 0.143. The molecule has 0 aromatic heterocycles. The van der Waals surface area contributed by atoms with Crippen LogP contribution in [0.1, 0.15) is 5.56 Å². The van der Waals surface area contributed by atoms with E-state index in [1.807, 2.05) is 0 Å². The van der Waals surface area contributed by atoms with Crippen molar-refractivity contribution < 1.29 is 4.39 Å². The highest BCUT2D eigenvalue weighted by atomic mass is 79.9. The van der Waals surface area contributed by atoms with Gasteiger partial charge >= 0.3 is 0 Å². The van der Waals surface area contributed by atoms with Gasteiger partial charge in [0.25, 0.3) is 0 Å². The first kappa shape index (κ1) is 8.81. The van der Waals surface area contributed by atoms with Crippen LogP contribution in [0.15, 0.2) is 10.5 Å². The van der Waals surface area contributed by atoms with Gasteiger partial charge in [-0.25, -0.2) is 4.39 Å². The summed E-state index contributed by atoms with van der Waals surface area (Å²) in [6, 6.07) is 1.50. The summed E-state index contributed by atoms with van der Waals surface area (Å²) in [6.07, 6.45) is 0. The molecule has 0 spiro atoms. The van der Waals surface area contributed by atoms with Gasteiger partial charge in [0.2, 0.25) is 0 Å². The summed E-state index contributed by atoms with van der Waals surface area (Å²) in [4.78, 5) is 0. The average Bonchev–Trinajstić information content (AvgIpc) is 1.97. The molecule has 0 saturated carbocycles. The Kier molecular flexibility index (Phi) is 2.40. The molecule has 1 aromatic carbocycles. The van der Waals surface area contributed by atoms with Gasteiger partial charge in [0, 0.05) is 0 Å². The lowest BCUT2D eigenvalue weighted by Crippen LogP contribution is -1.94. The third-order valence-corrected chi connectivity index (χ3v) is 2.46. The normalized spacial score (nSPS) is 10.2. The third kappa shape index (κ3) is 1.49. The summed E-state index contributed by atoms with van der Waals surface area (Å²) >= 11 is 8.53. The Hall–Kier alpha value is -0.280. The molecule has 2 N–H and O–H groups in total. The van der Waals surface area contributed by atoms with Gasteiger partial charge in [-0.2, -0.15) is 0 Å². The second-order valence-electron chi connectivity index (χ2n) is 2.22. The molecular weight excluding hydrogens is 232 g/mol. The van der Waals surface area contributed by atoms with Crippen molar-refractivity contribution in [2.75, 3.05) is 5.73 Å². The highest BCUT2D eigenvalue weighted by molar-refractivity contribution is 9.10. The molecular formula is C7H6BrClFN. The lowest BCUT2D eigenvalue weighted by atomic mass is 10.2. The molecule has 0 bridgehead atoms. The van der Waals surface area contributed by atoms with Crippen LogP contribution in [0.5, 0.6) is 0 Å². The van der Waals surface area contributed by atoms with Crippen molar-refractivity contribution in [3.05, 3.63) is 26.9 Å². The van der Waals surface area contributed by atoms with E-state index in [9.17, 15) is 4.39 Å². The summed E-state index contributed by atoms with van der Waals surface area (Å²) in [7, 11) is 0. The number of hydrogen-bond acceptors (Lipinski definition) is 1. The van der Waals surface area contributed by atoms with Crippen LogP contribution < -0.4 is 5.73 Å². The Labute approximate surface area is 77.5 Å². The zero-order chi connectivity index (χ0) is 8.59. The first-order valence-corrected chi connectivity index (χ1v) is 4.10. The molecule has 0 fully saturated rings. The number of nitrogen functional groups attached to an aromatic ring is 1. The molecule has 0 aliphatic heterocycles. The molecule has 1 rings (SSSR count). The molecule has 0 aliphatic rings. The molecule has 60 valence electrons. The molecule has 4 heteroatoms. The number of hydrogen-bond donors (Lipinski definition) is 1. The number of anilines is 1. The van der Waals surface area contributed by atoms with E-state index in [0.717, 1.165) is 5.56 Å². The van der Waals surface area contributed by atoms with Gasteiger partial charge in [-0.15, -0.1) is 0 Å². The standard InChI is InChI=1S/C7H6BrClFN/c1-3-2-4(9)6(10)5(8)7(3)11/h2H,11H2,1H3. The molecule has 0 atom stereocenters. The summed E-state index contributed by atoms with van der Waals surface area (Å²) in [5, 5.41) is 0.0866. The maximum absolute atomic E-state index is 12.9. The Balaban J connectivity index is 3.46. The van der Waals surface area contributed by atoms with Crippen molar-refractivity contribution in [1.29, 1.82) is 0 Å². The number of halogens is 3. The Bertz CT molecular complexity index is 275. The van der Waals surface area contributed by atoms with Gasteiger partial charge in [-0.1, -0.05) is 11.6 Å². The Morgan fingerprint density at radius 3 is 2.73 bits per heavy atom. The number of rotatable bonds is 0. The van der Waals surface area contributed by atoms with Crippen LogP contribution in [-0.4, -0.2) is 0 Å². The van der Waals surface area contributed by atoms with E-state index >= 15 is 0 Å². The molecule has 0 saturated heterocycles. The predicted octanol–water partition coefficient (Wildman–Crippen LogP) is 3.13. The minimum Gasteiger partial charge on any atom is -0.398 e. The first-order valence-electron chi connectivity index (χ1n) is 2.93. The van der Waals surface area contributed by atoms with Gasteiger partial charge < -0.3 is 5.73 Å². The second-order valence-corrected chi connectivity index (χ2v) is 3.42. The number of benzene rings is 1. The van der Waals surface area contributed by atoms with Crippen LogP contribution in [0.25, 0.3) is 0 Å². The quantitative estimate of drug-likeness (QED) is 0.545. The summed E-state index contributed by atoms with van der Waals surface area (Å²) < 4.78 is 13.2. The van der Waals surface area contributed by atoms with E-state index in [-0.39, 0.29) is 9.50 Å². The topological polar surface area (TPSA) is 26.0 Å². The second kappa shape index (κ2) is 2.99. The van der Waals surface area contributed by atoms with E-state index in [0.29, 0.717) is 5.69 Å². The lowest BCUT2D eigenvalue weighted by Gasteiger charge is -2.04. The van der Waals surface area contributed by atoms with Crippen molar-refractivity contribution in [2.45, 2.75) is 6.92 Å². The van der Waals surface area contributed by atoms with Crippen molar-refractivity contribution in [2.24, 2.45) is 0 Å². The van der Waals surface area contributed by atoms with E-state index in [1.54, 1.807) is 6.92 Å². The van der Waals surface area contributed by atoms with Gasteiger partial charge in [0.1, 0.15) is 0 Å². The predicted molar refractivity (Wildman–Crippen MR) is 48.3 cm³/mol. The number of nitrogens with two attached hydrogens (primary N) is 1. The fourth-order valence-corrected chi connectivity index (χ4v) is 1.63. The van der Waals surface area contributed by atoms with Gasteiger partial charge in [-0.3, -0.25) is 0 Å². The van der Waals surface area contributed by atoms with Crippen LogP contribution in [0.4, 0.5) is 10.1 Å². The fourth-order valence-electron chi connectivity index (χ4n) is 0.727. The van der Waals surface area contributed by atoms with Gasteiger partial charge in [0.05, 0.1) is 15.2 Å². The smallest absolute Gasteiger partial charge is 0.158 e. The molecule has 1 nitrogen and oxygen atoms in total. The van der Waals surface area contributed by atoms with Crippen molar-refractivity contribution >= 4 is 33.2 Å². The minimum atomic E-state index is -0.505. The average molecular weight is 238 g/mol.